The molecule has 0 aliphatic carbocycles. The minimum absolute atomic E-state index is 0.253. The van der Waals surface area contributed by atoms with Crippen LogP contribution in [0.3, 0.4) is 0 Å². The Bertz CT molecular complexity index is 619. The quantitative estimate of drug-likeness (QED) is 0.778. The monoisotopic (exact) mass is 306 g/mol. The molecule has 1 fully saturated rings. The van der Waals surface area contributed by atoms with Gasteiger partial charge in [-0.2, -0.15) is 5.10 Å². The van der Waals surface area contributed by atoms with Gasteiger partial charge in [-0.05, 0) is 37.9 Å². The number of hydrogen-bond donors (Lipinski definition) is 3. The fraction of sp³-hybridized carbons (Fsp3) is 0.600. The largest absolute Gasteiger partial charge is 0.467 e. The van der Waals surface area contributed by atoms with Gasteiger partial charge in [0.1, 0.15) is 17.7 Å². The van der Waals surface area contributed by atoms with Crippen LogP contribution in [0.5, 0.6) is 0 Å². The van der Waals surface area contributed by atoms with E-state index in [2.05, 4.69) is 20.1 Å². The van der Waals surface area contributed by atoms with Crippen molar-refractivity contribution in [2.75, 3.05) is 6.54 Å². The highest BCUT2D eigenvalue weighted by Crippen LogP contribution is 2.27. The highest BCUT2D eigenvalue weighted by atomic mass is 16.4. The smallest absolute Gasteiger partial charge is 0.340 e. The zero-order valence-corrected chi connectivity index (χ0v) is 12.5. The van der Waals surface area contributed by atoms with Crippen LogP contribution in [-0.4, -0.2) is 37.8 Å². The Labute approximate surface area is 128 Å². The van der Waals surface area contributed by atoms with Gasteiger partial charge in [0.05, 0.1) is 12.8 Å². The third kappa shape index (κ3) is 3.66. The first kappa shape index (κ1) is 15.1. The second-order valence-electron chi connectivity index (χ2n) is 5.86. The van der Waals surface area contributed by atoms with Gasteiger partial charge in [-0.1, -0.05) is 12.8 Å². The SMILES string of the molecule is O=c1[nH]nc(CN2CCCCCC2CC(O)c2ccco2)[nH]1. The lowest BCUT2D eigenvalue weighted by atomic mass is 10.0. The summed E-state index contributed by atoms with van der Waals surface area (Å²) in [6, 6.07) is 3.84. The first-order valence-corrected chi connectivity index (χ1v) is 7.81. The second-order valence-corrected chi connectivity index (χ2v) is 5.86. The normalized spacial score (nSPS) is 21.6. The lowest BCUT2D eigenvalue weighted by Gasteiger charge is -2.30. The van der Waals surface area contributed by atoms with E-state index < -0.39 is 6.10 Å². The molecular formula is C15H22N4O3. The van der Waals surface area contributed by atoms with E-state index >= 15 is 0 Å². The summed E-state index contributed by atoms with van der Waals surface area (Å²) in [5, 5.41) is 16.7. The average Bonchev–Trinajstić information content (AvgIpc) is 3.12. The van der Waals surface area contributed by atoms with Gasteiger partial charge in [-0.3, -0.25) is 9.88 Å². The highest BCUT2D eigenvalue weighted by Gasteiger charge is 2.26. The first-order chi connectivity index (χ1) is 10.7. The molecule has 1 saturated heterocycles. The van der Waals surface area contributed by atoms with Gasteiger partial charge in [-0.25, -0.2) is 9.89 Å². The number of nitrogens with one attached hydrogen (secondary N) is 2. The van der Waals surface area contributed by atoms with Crippen LogP contribution in [0.4, 0.5) is 0 Å². The maximum absolute atomic E-state index is 11.2. The van der Waals surface area contributed by atoms with Crippen molar-refractivity contribution in [2.45, 2.75) is 50.8 Å². The number of hydrogen-bond acceptors (Lipinski definition) is 5. The summed E-state index contributed by atoms with van der Waals surface area (Å²) in [6.07, 6.45) is 6.12. The number of aromatic amines is 2. The van der Waals surface area contributed by atoms with E-state index in [1.807, 2.05) is 0 Å². The fourth-order valence-electron chi connectivity index (χ4n) is 3.14. The van der Waals surface area contributed by atoms with Gasteiger partial charge in [0.25, 0.3) is 0 Å². The van der Waals surface area contributed by atoms with Crippen LogP contribution in [0.15, 0.2) is 27.6 Å². The molecule has 3 N–H and O–H groups in total. The van der Waals surface area contributed by atoms with Crippen LogP contribution < -0.4 is 5.69 Å². The van der Waals surface area contributed by atoms with Gasteiger partial charge < -0.3 is 9.52 Å². The molecule has 0 aromatic carbocycles. The maximum Gasteiger partial charge on any atom is 0.340 e. The molecule has 2 aromatic rings. The molecule has 3 rings (SSSR count). The zero-order chi connectivity index (χ0) is 15.4. The van der Waals surface area contributed by atoms with Gasteiger partial charge in [0.2, 0.25) is 0 Å². The summed E-state index contributed by atoms with van der Waals surface area (Å²) >= 11 is 0. The van der Waals surface area contributed by atoms with E-state index in [4.69, 9.17) is 4.42 Å². The maximum atomic E-state index is 11.2. The van der Waals surface area contributed by atoms with Crippen LogP contribution in [0.25, 0.3) is 0 Å². The third-order valence-corrected chi connectivity index (χ3v) is 4.27. The summed E-state index contributed by atoms with van der Waals surface area (Å²) in [5.41, 5.74) is -0.281. The molecule has 2 unspecified atom stereocenters. The van der Waals surface area contributed by atoms with Crippen LogP contribution in [0.1, 0.15) is 49.8 Å². The summed E-state index contributed by atoms with van der Waals surface area (Å²) < 4.78 is 5.29. The summed E-state index contributed by atoms with van der Waals surface area (Å²) in [4.78, 5) is 16.2. The molecule has 22 heavy (non-hydrogen) atoms. The number of aliphatic hydroxyl groups excluding tert-OH is 1. The van der Waals surface area contributed by atoms with Crippen molar-refractivity contribution in [3.05, 3.63) is 40.5 Å². The molecule has 120 valence electrons. The van der Waals surface area contributed by atoms with Crippen molar-refractivity contribution in [1.29, 1.82) is 0 Å². The Hall–Kier alpha value is -1.86. The van der Waals surface area contributed by atoms with Crippen LogP contribution in [0.2, 0.25) is 0 Å². The molecule has 1 aliphatic heterocycles. The first-order valence-electron chi connectivity index (χ1n) is 7.81. The predicted octanol–water partition coefficient (Wildman–Crippen LogP) is 1.56. The molecule has 0 bridgehead atoms. The molecule has 0 radical (unpaired) electrons. The molecule has 1 aliphatic rings. The molecule has 0 spiro atoms. The fourth-order valence-corrected chi connectivity index (χ4v) is 3.14. The lowest BCUT2D eigenvalue weighted by molar-refractivity contribution is 0.0819. The van der Waals surface area contributed by atoms with Crippen molar-refractivity contribution in [2.24, 2.45) is 0 Å². The minimum Gasteiger partial charge on any atom is -0.467 e. The van der Waals surface area contributed by atoms with Crippen LogP contribution in [0, 0.1) is 0 Å². The number of rotatable bonds is 5. The number of aromatic nitrogens is 3. The van der Waals surface area contributed by atoms with E-state index in [0.717, 1.165) is 25.8 Å². The van der Waals surface area contributed by atoms with E-state index in [9.17, 15) is 9.90 Å². The Morgan fingerprint density at radius 1 is 1.45 bits per heavy atom. The number of likely N-dealkylation sites (tertiary alicyclic amines) is 1. The van der Waals surface area contributed by atoms with Gasteiger partial charge in [-0.15, -0.1) is 0 Å². The summed E-state index contributed by atoms with van der Waals surface area (Å²) in [7, 11) is 0. The molecule has 0 saturated carbocycles. The average molecular weight is 306 g/mol. The van der Waals surface area contributed by atoms with E-state index in [1.54, 1.807) is 18.4 Å². The highest BCUT2D eigenvalue weighted by molar-refractivity contribution is 5.02. The van der Waals surface area contributed by atoms with Gasteiger partial charge in [0, 0.05) is 6.04 Å². The van der Waals surface area contributed by atoms with Crippen molar-refractivity contribution >= 4 is 0 Å². The van der Waals surface area contributed by atoms with Crippen LogP contribution >= 0.6 is 0 Å². The van der Waals surface area contributed by atoms with E-state index in [0.29, 0.717) is 24.6 Å². The van der Waals surface area contributed by atoms with Gasteiger partial charge in [0.15, 0.2) is 0 Å². The van der Waals surface area contributed by atoms with Crippen LogP contribution in [-0.2, 0) is 6.54 Å². The number of furan rings is 1. The van der Waals surface area contributed by atoms with E-state index in [-0.39, 0.29) is 11.7 Å². The molecule has 2 atom stereocenters. The van der Waals surface area contributed by atoms with Crippen molar-refractivity contribution in [3.8, 4) is 0 Å². The van der Waals surface area contributed by atoms with Crippen molar-refractivity contribution < 1.29 is 9.52 Å². The third-order valence-electron chi connectivity index (χ3n) is 4.27. The number of H-pyrrole nitrogens is 2. The standard InChI is InChI=1S/C15H22N4O3/c20-12(13-6-4-8-22-13)9-11-5-2-1-3-7-19(11)10-14-16-15(21)18-17-14/h4,6,8,11-12,20H,1-3,5,7,9-10H2,(H2,16,17,18,21). The topological polar surface area (TPSA) is 98.2 Å². The summed E-state index contributed by atoms with van der Waals surface area (Å²) in [6.45, 7) is 1.54. The summed E-state index contributed by atoms with van der Waals surface area (Å²) in [5.74, 6) is 1.25. The minimum atomic E-state index is -0.598. The Balaban J connectivity index is 1.68. The Morgan fingerprint density at radius 3 is 3.09 bits per heavy atom. The molecule has 3 heterocycles. The van der Waals surface area contributed by atoms with Crippen molar-refractivity contribution in [1.82, 2.24) is 20.1 Å². The van der Waals surface area contributed by atoms with Gasteiger partial charge >= 0.3 is 5.69 Å². The molecule has 7 nitrogen and oxygen atoms in total. The Morgan fingerprint density at radius 2 is 2.36 bits per heavy atom. The molecule has 0 amide bonds. The number of aliphatic hydroxyl groups is 1. The van der Waals surface area contributed by atoms with Crippen molar-refractivity contribution in [3.63, 3.8) is 0 Å². The predicted molar refractivity (Wildman–Crippen MR) is 80.2 cm³/mol. The molecule has 7 heteroatoms. The Kier molecular flexibility index (Phi) is 4.74. The molecule has 2 aromatic heterocycles. The lowest BCUT2D eigenvalue weighted by Crippen LogP contribution is -2.36. The second kappa shape index (κ2) is 6.93. The molecular weight excluding hydrogens is 284 g/mol. The van der Waals surface area contributed by atoms with E-state index in [1.165, 1.54) is 6.42 Å². The zero-order valence-electron chi connectivity index (χ0n) is 12.5. The number of nitrogens with zero attached hydrogens (tertiary/aromatic N) is 2.